The number of ketones is 1. The second-order valence-corrected chi connectivity index (χ2v) is 9.08. The molecule has 0 radical (unpaired) electrons. The minimum atomic E-state index is 0.0643. The summed E-state index contributed by atoms with van der Waals surface area (Å²) in [6.07, 6.45) is 4.15. The number of fused-ring (bicyclic) bond motifs is 3. The van der Waals surface area contributed by atoms with E-state index in [1.807, 2.05) is 23.5 Å². The van der Waals surface area contributed by atoms with Crippen LogP contribution < -0.4 is 14.8 Å². The van der Waals surface area contributed by atoms with Gasteiger partial charge in [-0.25, -0.2) is 4.98 Å². The molecule has 0 amide bonds. The van der Waals surface area contributed by atoms with Gasteiger partial charge in [0, 0.05) is 31.5 Å². The molecule has 0 bridgehead atoms. The van der Waals surface area contributed by atoms with Gasteiger partial charge in [-0.3, -0.25) is 9.20 Å². The van der Waals surface area contributed by atoms with Crippen molar-refractivity contribution in [3.05, 3.63) is 18.0 Å². The Bertz CT molecular complexity index is 1070. The summed E-state index contributed by atoms with van der Waals surface area (Å²) in [5, 5.41) is 11.9. The molecule has 0 spiro atoms. The number of anilines is 1. The van der Waals surface area contributed by atoms with Gasteiger partial charge in [-0.15, -0.1) is 10.2 Å². The van der Waals surface area contributed by atoms with E-state index in [1.54, 1.807) is 14.2 Å². The fourth-order valence-electron chi connectivity index (χ4n) is 3.73. The molecule has 8 heteroatoms. The van der Waals surface area contributed by atoms with Gasteiger partial charge in [0.1, 0.15) is 11.6 Å². The van der Waals surface area contributed by atoms with Crippen molar-refractivity contribution < 1.29 is 14.3 Å². The van der Waals surface area contributed by atoms with Gasteiger partial charge in [-0.05, 0) is 25.2 Å². The summed E-state index contributed by atoms with van der Waals surface area (Å²) in [6, 6.07) is 3.75. The van der Waals surface area contributed by atoms with Crippen LogP contribution in [0.15, 0.2) is 12.1 Å². The molecule has 1 N–H and O–H groups in total. The van der Waals surface area contributed by atoms with Crippen molar-refractivity contribution in [3.8, 4) is 11.5 Å². The summed E-state index contributed by atoms with van der Waals surface area (Å²) >= 11 is 0. The molecular weight excluding hydrogens is 394 g/mol. The van der Waals surface area contributed by atoms with Crippen LogP contribution in [-0.2, 0) is 4.79 Å². The molecule has 1 aromatic carbocycles. The van der Waals surface area contributed by atoms with Gasteiger partial charge in [0.2, 0.25) is 5.65 Å². The van der Waals surface area contributed by atoms with Crippen LogP contribution in [0.3, 0.4) is 0 Å². The quantitative estimate of drug-likeness (QED) is 0.474. The Hall–Kier alpha value is -2.90. The maximum atomic E-state index is 12.0. The number of aromatic nitrogens is 4. The van der Waals surface area contributed by atoms with Crippen LogP contribution in [-0.4, -0.2) is 46.1 Å². The normalized spacial score (nSPS) is 11.8. The number of hydrogen-bond donors (Lipinski definition) is 1. The van der Waals surface area contributed by atoms with E-state index in [1.165, 1.54) is 0 Å². The van der Waals surface area contributed by atoms with Crippen molar-refractivity contribution in [1.29, 1.82) is 0 Å². The third-order valence-corrected chi connectivity index (χ3v) is 5.14. The number of ether oxygens (including phenoxy) is 2. The number of carbonyl (C=O) groups excluding carboxylic acids is 1. The third kappa shape index (κ3) is 5.42. The lowest BCUT2D eigenvalue weighted by Crippen LogP contribution is -2.12. The van der Waals surface area contributed by atoms with E-state index >= 15 is 0 Å². The van der Waals surface area contributed by atoms with Crippen LogP contribution in [0.2, 0.25) is 0 Å². The van der Waals surface area contributed by atoms with E-state index in [2.05, 4.69) is 36.3 Å². The summed E-state index contributed by atoms with van der Waals surface area (Å²) in [7, 11) is 3.22. The Balaban J connectivity index is 1.69. The lowest BCUT2D eigenvalue weighted by Gasteiger charge is -2.16. The number of rotatable bonds is 10. The van der Waals surface area contributed by atoms with Crippen molar-refractivity contribution >= 4 is 28.3 Å². The van der Waals surface area contributed by atoms with E-state index in [0.717, 1.165) is 42.7 Å². The maximum Gasteiger partial charge on any atom is 0.204 e. The zero-order valence-electron chi connectivity index (χ0n) is 19.4. The molecule has 0 fully saturated rings. The van der Waals surface area contributed by atoms with E-state index in [4.69, 9.17) is 14.5 Å². The third-order valence-electron chi connectivity index (χ3n) is 5.14. The molecule has 3 aromatic rings. The Morgan fingerprint density at radius 2 is 1.77 bits per heavy atom. The molecule has 31 heavy (non-hydrogen) atoms. The summed E-state index contributed by atoms with van der Waals surface area (Å²) in [5.74, 6) is 3.06. The van der Waals surface area contributed by atoms with Crippen LogP contribution in [0.4, 0.5) is 5.82 Å². The van der Waals surface area contributed by atoms with E-state index in [9.17, 15) is 4.79 Å². The number of Topliss-reactive ketones (excluding diaryl/α,β-unsaturated/α-hetero) is 1. The van der Waals surface area contributed by atoms with Crippen molar-refractivity contribution in [2.24, 2.45) is 5.41 Å². The minimum absolute atomic E-state index is 0.0643. The Morgan fingerprint density at radius 3 is 2.45 bits per heavy atom. The van der Waals surface area contributed by atoms with Gasteiger partial charge < -0.3 is 14.8 Å². The molecule has 2 aromatic heterocycles. The smallest absolute Gasteiger partial charge is 0.204 e. The number of nitrogens with one attached hydrogen (secondary N) is 1. The Morgan fingerprint density at radius 1 is 1.06 bits per heavy atom. The molecule has 0 saturated heterocycles. The van der Waals surface area contributed by atoms with Crippen LogP contribution in [0.5, 0.6) is 11.5 Å². The van der Waals surface area contributed by atoms with Crippen LogP contribution in [0, 0.1) is 12.3 Å². The SMILES string of the molecule is COc1cc2nc(NCCCCCC(=O)CC(C)(C)C)c3nnc(C)n3c2cc1OC. The molecule has 0 aliphatic rings. The highest BCUT2D eigenvalue weighted by Gasteiger charge is 2.17. The van der Waals surface area contributed by atoms with Crippen molar-refractivity contribution in [2.75, 3.05) is 26.1 Å². The van der Waals surface area contributed by atoms with Crippen molar-refractivity contribution in [2.45, 2.75) is 59.8 Å². The number of nitrogens with zero attached hydrogens (tertiary/aromatic N) is 4. The Kier molecular flexibility index (Phi) is 6.97. The van der Waals surface area contributed by atoms with Crippen molar-refractivity contribution in [1.82, 2.24) is 19.6 Å². The van der Waals surface area contributed by atoms with E-state index < -0.39 is 0 Å². The van der Waals surface area contributed by atoms with Gasteiger partial charge >= 0.3 is 0 Å². The first kappa shape index (κ1) is 22.8. The molecule has 0 aliphatic carbocycles. The van der Waals surface area contributed by atoms with Crippen LogP contribution >= 0.6 is 0 Å². The van der Waals surface area contributed by atoms with Gasteiger partial charge in [-0.1, -0.05) is 27.2 Å². The summed E-state index contributed by atoms with van der Waals surface area (Å²) in [4.78, 5) is 16.8. The summed E-state index contributed by atoms with van der Waals surface area (Å²) in [6.45, 7) is 8.97. The fraction of sp³-hybridized carbons (Fsp3) is 0.565. The molecule has 0 unspecified atom stereocenters. The molecule has 3 rings (SSSR count). The van der Waals surface area contributed by atoms with Crippen LogP contribution in [0.1, 0.15) is 58.7 Å². The molecule has 2 heterocycles. The van der Waals surface area contributed by atoms with Gasteiger partial charge in [-0.2, -0.15) is 0 Å². The minimum Gasteiger partial charge on any atom is -0.493 e. The van der Waals surface area contributed by atoms with Gasteiger partial charge in [0.25, 0.3) is 0 Å². The average molecular weight is 428 g/mol. The highest BCUT2D eigenvalue weighted by atomic mass is 16.5. The number of aryl methyl sites for hydroxylation is 1. The second-order valence-electron chi connectivity index (χ2n) is 9.08. The molecule has 0 atom stereocenters. The Labute approximate surface area is 183 Å². The molecule has 0 saturated carbocycles. The molecule has 8 nitrogen and oxygen atoms in total. The number of benzene rings is 1. The fourth-order valence-corrected chi connectivity index (χ4v) is 3.73. The highest BCUT2D eigenvalue weighted by Crippen LogP contribution is 2.33. The number of unbranched alkanes of at least 4 members (excludes halogenated alkanes) is 2. The van der Waals surface area contributed by atoms with E-state index in [-0.39, 0.29) is 5.41 Å². The zero-order valence-corrected chi connectivity index (χ0v) is 19.4. The lowest BCUT2D eigenvalue weighted by atomic mass is 9.88. The first-order valence-corrected chi connectivity index (χ1v) is 10.8. The van der Waals surface area contributed by atoms with Crippen molar-refractivity contribution in [3.63, 3.8) is 0 Å². The summed E-state index contributed by atoms with van der Waals surface area (Å²) < 4.78 is 12.8. The number of methoxy groups -OCH3 is 2. The monoisotopic (exact) mass is 427 g/mol. The zero-order chi connectivity index (χ0) is 22.6. The highest BCUT2D eigenvalue weighted by molar-refractivity contribution is 5.86. The topological polar surface area (TPSA) is 90.6 Å². The van der Waals surface area contributed by atoms with Gasteiger partial charge in [0.05, 0.1) is 25.3 Å². The molecule has 168 valence electrons. The standard InChI is InChI=1S/C23H33N5O3/c1-15-26-27-22-21(24-11-9-7-8-10-16(29)14-23(2,3)4)25-17-12-19(30-5)20(31-6)13-18(17)28(15)22/h12-13H,7-11,14H2,1-6H3,(H,24,25). The number of hydrogen-bond acceptors (Lipinski definition) is 7. The first-order chi connectivity index (χ1) is 14.7. The second kappa shape index (κ2) is 9.49. The molecular formula is C23H33N5O3. The maximum absolute atomic E-state index is 12.0. The largest absolute Gasteiger partial charge is 0.493 e. The predicted octanol–water partition coefficient (Wildman–Crippen LogP) is 4.58. The number of carbonyl (C=O) groups is 1. The van der Waals surface area contributed by atoms with Crippen LogP contribution in [0.25, 0.3) is 16.7 Å². The molecule has 0 aliphatic heterocycles. The lowest BCUT2D eigenvalue weighted by molar-refractivity contribution is -0.120. The first-order valence-electron chi connectivity index (χ1n) is 10.8. The predicted molar refractivity (Wildman–Crippen MR) is 122 cm³/mol. The van der Waals surface area contributed by atoms with E-state index in [0.29, 0.717) is 41.6 Å². The summed E-state index contributed by atoms with van der Waals surface area (Å²) in [5.41, 5.74) is 2.37. The average Bonchev–Trinajstić information content (AvgIpc) is 3.10. The van der Waals surface area contributed by atoms with Gasteiger partial charge in [0.15, 0.2) is 17.3 Å².